The van der Waals surface area contributed by atoms with Crippen LogP contribution >= 0.6 is 0 Å². The first-order valence-corrected chi connectivity index (χ1v) is 12.2. The third-order valence-corrected chi connectivity index (χ3v) is 5.83. The van der Waals surface area contributed by atoms with E-state index in [1.807, 2.05) is 4.58 Å². The highest BCUT2D eigenvalue weighted by molar-refractivity contribution is 5.15. The van der Waals surface area contributed by atoms with Crippen LogP contribution in [0.5, 0.6) is 0 Å². The summed E-state index contributed by atoms with van der Waals surface area (Å²) in [5.74, 6) is 0. The topological polar surface area (TPSA) is 15.0 Å². The molecule has 0 amide bonds. The summed E-state index contributed by atoms with van der Waals surface area (Å²) in [6.07, 6.45) is 13.7. The van der Waals surface area contributed by atoms with E-state index < -0.39 is 0 Å². The maximum absolute atomic E-state index is 3.89. The molecule has 5 heteroatoms. The van der Waals surface area contributed by atoms with Gasteiger partial charge in [-0.1, -0.05) is 0 Å². The summed E-state index contributed by atoms with van der Waals surface area (Å²) in [6, 6.07) is 0. The monoisotopic (exact) mass is 420 g/mol. The van der Waals surface area contributed by atoms with Gasteiger partial charge in [-0.05, 0) is 19.3 Å². The maximum Gasteiger partial charge on any atom is 0.200 e. The Hall–Kier alpha value is -1.65. The Morgan fingerprint density at radius 2 is 0.433 bits per heavy atom. The molecule has 0 aromatic carbocycles. The van der Waals surface area contributed by atoms with Gasteiger partial charge in [0.05, 0.1) is 6.42 Å². The number of rotatable bonds is 0. The fourth-order valence-electron chi connectivity index (χ4n) is 3.33. The first kappa shape index (κ1) is 26.4. The van der Waals surface area contributed by atoms with Crippen molar-refractivity contribution in [2.45, 2.75) is 64.2 Å². The zero-order valence-corrected chi connectivity index (χ0v) is 19.9. The summed E-state index contributed by atoms with van der Waals surface area (Å²) < 4.78 is 10.5. The van der Waals surface area contributed by atoms with Crippen LogP contribution < -0.4 is 0 Å². The van der Waals surface area contributed by atoms with Crippen LogP contribution in [0.3, 0.4) is 0 Å². The van der Waals surface area contributed by atoms with Crippen LogP contribution in [0.15, 0.2) is 0 Å². The van der Waals surface area contributed by atoms with Gasteiger partial charge in [-0.3, -0.25) is 0 Å². The molecule has 30 heavy (non-hydrogen) atoms. The van der Waals surface area contributed by atoms with Gasteiger partial charge in [0.1, 0.15) is 85.9 Å². The van der Waals surface area contributed by atoms with E-state index >= 15 is 0 Å². The molecule has 5 fully saturated rings. The summed E-state index contributed by atoms with van der Waals surface area (Å²) in [7, 11) is 0. The van der Waals surface area contributed by atoms with E-state index in [0.717, 1.165) is 0 Å². The van der Waals surface area contributed by atoms with E-state index in [-0.39, 0.29) is 0 Å². The molecular formula is C25H50N5+5. The van der Waals surface area contributed by atoms with Gasteiger partial charge < -0.3 is 0 Å². The highest BCUT2D eigenvalue weighted by Gasteiger charge is 2.14. The van der Waals surface area contributed by atoms with E-state index in [4.69, 9.17) is 0 Å². The van der Waals surface area contributed by atoms with Crippen molar-refractivity contribution < 1.29 is 22.9 Å². The number of nitrogens with zero attached hydrogens (tertiary/aromatic N) is 5. The maximum atomic E-state index is 3.89. The predicted octanol–water partition coefficient (Wildman–Crippen LogP) is 2.47. The molecule has 0 spiro atoms. The van der Waals surface area contributed by atoms with Gasteiger partial charge in [0.25, 0.3) is 0 Å². The average molecular weight is 421 g/mol. The summed E-state index contributed by atoms with van der Waals surface area (Å²) in [5.41, 5.74) is 0. The van der Waals surface area contributed by atoms with Crippen LogP contribution in [0.25, 0.3) is 0 Å². The lowest BCUT2D eigenvalue weighted by Gasteiger charge is -2.06. The Kier molecular flexibility index (Phi) is 15.0. The van der Waals surface area contributed by atoms with Crippen molar-refractivity contribution >= 4 is 33.6 Å². The Bertz CT molecular complexity index is 526. The Morgan fingerprint density at radius 3 is 0.600 bits per heavy atom. The van der Waals surface area contributed by atoms with Gasteiger partial charge in [-0.25, -0.2) is 22.9 Å². The summed E-state index contributed by atoms with van der Waals surface area (Å²) >= 11 is 0. The summed E-state index contributed by atoms with van der Waals surface area (Å²) in [4.78, 5) is 0. The molecule has 0 unspecified atom stereocenters. The number of hydrogen-bond acceptors (Lipinski definition) is 0. The molecule has 5 aliphatic heterocycles. The van der Waals surface area contributed by atoms with Gasteiger partial charge >= 0.3 is 0 Å². The molecule has 0 bridgehead atoms. The molecular weight excluding hydrogens is 370 g/mol. The number of hydrogen-bond donors (Lipinski definition) is 0. The van der Waals surface area contributed by atoms with E-state index in [1.165, 1.54) is 130 Å². The first-order chi connectivity index (χ1) is 14.5. The largest absolute Gasteiger partial charge is 0.242 e. The van der Waals surface area contributed by atoms with Gasteiger partial charge in [0, 0.05) is 38.5 Å². The zero-order chi connectivity index (χ0) is 22.0. The summed E-state index contributed by atoms with van der Waals surface area (Å²) in [6.45, 7) is 30.8. The van der Waals surface area contributed by atoms with Gasteiger partial charge in [0.15, 0.2) is 0 Å². The molecule has 170 valence electrons. The van der Waals surface area contributed by atoms with Gasteiger partial charge in [-0.15, -0.1) is 0 Å². The van der Waals surface area contributed by atoms with Crippen molar-refractivity contribution in [3.8, 4) is 0 Å². The lowest BCUT2D eigenvalue weighted by Crippen LogP contribution is -2.25. The van der Waals surface area contributed by atoms with Crippen LogP contribution in [0.2, 0.25) is 0 Å². The minimum absolute atomic E-state index is 1.21. The minimum atomic E-state index is 1.21. The smallest absolute Gasteiger partial charge is 0.200 e. The lowest BCUT2D eigenvalue weighted by molar-refractivity contribution is -0.575. The molecule has 5 saturated heterocycles. The van der Waals surface area contributed by atoms with E-state index in [9.17, 15) is 0 Å². The molecule has 5 rings (SSSR count). The fourth-order valence-corrected chi connectivity index (χ4v) is 3.33. The zero-order valence-electron chi connectivity index (χ0n) is 19.9. The highest BCUT2D eigenvalue weighted by Crippen LogP contribution is 2.04. The SMILES string of the molecule is C=[N+]1CC1.C=[N+]1CCC1.C=[N+]1CCCC1.C=[N+]1CCCCC1.C=[N+]1CCCCCC1. The van der Waals surface area contributed by atoms with E-state index in [2.05, 4.69) is 51.9 Å². The van der Waals surface area contributed by atoms with Crippen LogP contribution in [0.4, 0.5) is 0 Å². The second-order valence-electron chi connectivity index (χ2n) is 9.13. The second kappa shape index (κ2) is 17.1. The second-order valence-corrected chi connectivity index (χ2v) is 9.13. The average Bonchev–Trinajstić information content (AvgIpc) is 3.42. The van der Waals surface area contributed by atoms with E-state index in [0.29, 0.717) is 0 Å². The van der Waals surface area contributed by atoms with Crippen molar-refractivity contribution in [3.05, 3.63) is 0 Å². The molecule has 0 aromatic heterocycles. The van der Waals surface area contributed by atoms with Crippen molar-refractivity contribution in [2.75, 3.05) is 65.4 Å². The Balaban J connectivity index is 0.000000191. The number of piperidine rings is 1. The van der Waals surface area contributed by atoms with Gasteiger partial charge in [0.2, 0.25) is 13.1 Å². The van der Waals surface area contributed by atoms with E-state index in [1.54, 1.807) is 0 Å². The van der Waals surface area contributed by atoms with Crippen LogP contribution in [0, 0.1) is 0 Å². The van der Waals surface area contributed by atoms with Crippen molar-refractivity contribution in [2.24, 2.45) is 0 Å². The molecule has 0 atom stereocenters. The normalized spacial score (nSPS) is 22.3. The third-order valence-electron chi connectivity index (χ3n) is 5.83. The molecule has 5 nitrogen and oxygen atoms in total. The third kappa shape index (κ3) is 17.2. The van der Waals surface area contributed by atoms with Crippen LogP contribution in [0.1, 0.15) is 64.2 Å². The minimum Gasteiger partial charge on any atom is -0.242 e. The molecule has 0 aromatic rings. The van der Waals surface area contributed by atoms with Crippen LogP contribution in [-0.2, 0) is 0 Å². The quantitative estimate of drug-likeness (QED) is 0.423. The molecule has 0 aliphatic carbocycles. The Labute approximate surface area is 186 Å². The Morgan fingerprint density at radius 1 is 0.233 bits per heavy atom. The molecule has 0 N–H and O–H groups in total. The standard InChI is InChI=1S/C7H14N.C6H12N.C5H10N.C4H8N.C3H6N/c1-8-6-4-2-3-5-7-8;1-7-5-3-2-4-6-7;1-6-4-2-3-5-6;1-5-3-2-4-5;1-4-2-3-4/h1-7H2;1-6H2;1-5H2;1-4H2;1-3H2/q5*+1. The van der Waals surface area contributed by atoms with Crippen molar-refractivity contribution in [1.82, 2.24) is 0 Å². The van der Waals surface area contributed by atoms with Gasteiger partial charge in [-0.2, -0.15) is 0 Å². The van der Waals surface area contributed by atoms with Crippen LogP contribution in [-0.4, -0.2) is 122 Å². The summed E-state index contributed by atoms with van der Waals surface area (Å²) in [5, 5.41) is 0. The molecule has 5 aliphatic rings. The van der Waals surface area contributed by atoms with Crippen molar-refractivity contribution in [3.63, 3.8) is 0 Å². The highest BCUT2D eigenvalue weighted by atomic mass is 15.1. The molecule has 0 saturated carbocycles. The predicted molar refractivity (Wildman–Crippen MR) is 132 cm³/mol. The van der Waals surface area contributed by atoms with Crippen molar-refractivity contribution in [1.29, 1.82) is 0 Å². The lowest BCUT2D eigenvalue weighted by atomic mass is 10.2. The fraction of sp³-hybridized carbons (Fsp3) is 0.800. The molecule has 0 radical (unpaired) electrons. The first-order valence-electron chi connectivity index (χ1n) is 12.2. The molecule has 5 heterocycles.